The normalized spacial score (nSPS) is 10.9. The number of carboxylic acid groups (broad SMARTS) is 1. The predicted octanol–water partition coefficient (Wildman–Crippen LogP) is 3.06. The number of carbonyl (C=O) groups is 1. The van der Waals surface area contributed by atoms with Crippen LogP contribution in [-0.4, -0.2) is 16.1 Å². The van der Waals surface area contributed by atoms with Crippen LogP contribution in [0.2, 0.25) is 0 Å². The topological polar surface area (TPSA) is 50.2 Å². The van der Waals surface area contributed by atoms with Gasteiger partial charge in [0.2, 0.25) is 0 Å². The molecule has 2 rings (SSSR count). The molecule has 0 unspecified atom stereocenters. The quantitative estimate of drug-likeness (QED) is 0.837. The molecule has 0 radical (unpaired) electrons. The van der Waals surface area contributed by atoms with E-state index in [0.717, 1.165) is 16.3 Å². The molecule has 0 aliphatic carbocycles. The van der Waals surface area contributed by atoms with E-state index in [0.29, 0.717) is 5.92 Å². The van der Waals surface area contributed by atoms with E-state index in [1.54, 1.807) is 12.3 Å². The van der Waals surface area contributed by atoms with E-state index in [9.17, 15) is 4.79 Å². The molecule has 16 heavy (non-hydrogen) atoms. The molecule has 1 heterocycles. The maximum Gasteiger partial charge on any atom is 0.354 e. The van der Waals surface area contributed by atoms with Crippen molar-refractivity contribution in [2.24, 2.45) is 0 Å². The van der Waals surface area contributed by atoms with Crippen LogP contribution in [0.4, 0.5) is 0 Å². The van der Waals surface area contributed by atoms with Gasteiger partial charge in [0.1, 0.15) is 5.69 Å². The lowest BCUT2D eigenvalue weighted by Gasteiger charge is -2.09. The second-order valence-electron chi connectivity index (χ2n) is 4.10. The van der Waals surface area contributed by atoms with Gasteiger partial charge >= 0.3 is 5.97 Å². The van der Waals surface area contributed by atoms with Gasteiger partial charge in [-0.1, -0.05) is 32.0 Å². The Hall–Kier alpha value is -1.90. The largest absolute Gasteiger partial charge is 0.477 e. The van der Waals surface area contributed by atoms with Crippen molar-refractivity contribution in [1.82, 2.24) is 4.98 Å². The highest BCUT2D eigenvalue weighted by Gasteiger charge is 2.09. The Labute approximate surface area is 93.7 Å². The van der Waals surface area contributed by atoms with Crippen molar-refractivity contribution in [3.63, 3.8) is 0 Å². The average Bonchev–Trinajstić information content (AvgIpc) is 2.27. The maximum atomic E-state index is 10.9. The fraction of sp³-hybridized carbons (Fsp3) is 0.231. The summed E-state index contributed by atoms with van der Waals surface area (Å²) in [5.41, 5.74) is 1.25. The van der Waals surface area contributed by atoms with Gasteiger partial charge in [0.05, 0.1) is 0 Å². The first kappa shape index (κ1) is 10.6. The van der Waals surface area contributed by atoms with Crippen LogP contribution in [0.1, 0.15) is 35.8 Å². The number of hydrogen-bond donors (Lipinski definition) is 1. The summed E-state index contributed by atoms with van der Waals surface area (Å²) in [6.45, 7) is 4.19. The molecule has 0 saturated carbocycles. The van der Waals surface area contributed by atoms with E-state index in [1.165, 1.54) is 0 Å². The van der Waals surface area contributed by atoms with E-state index in [1.807, 2.05) is 18.2 Å². The Kier molecular flexibility index (Phi) is 2.60. The summed E-state index contributed by atoms with van der Waals surface area (Å²) in [6.07, 6.45) is 1.62. The van der Waals surface area contributed by atoms with E-state index in [-0.39, 0.29) is 5.69 Å². The first-order chi connectivity index (χ1) is 7.59. The summed E-state index contributed by atoms with van der Waals surface area (Å²) in [6, 6.07) is 7.59. The molecule has 0 bridgehead atoms. The first-order valence-electron chi connectivity index (χ1n) is 5.21. The van der Waals surface area contributed by atoms with Gasteiger partial charge in [0.25, 0.3) is 0 Å². The number of aromatic carboxylic acids is 1. The smallest absolute Gasteiger partial charge is 0.354 e. The zero-order chi connectivity index (χ0) is 11.7. The molecule has 0 atom stereocenters. The third-order valence-electron chi connectivity index (χ3n) is 2.64. The molecule has 2 aromatic rings. The van der Waals surface area contributed by atoms with Gasteiger partial charge < -0.3 is 5.11 Å². The molecule has 0 aliphatic heterocycles. The van der Waals surface area contributed by atoms with E-state index < -0.39 is 5.97 Å². The van der Waals surface area contributed by atoms with Crippen LogP contribution in [0.5, 0.6) is 0 Å². The Morgan fingerprint density at radius 3 is 2.75 bits per heavy atom. The molecule has 0 fully saturated rings. The lowest BCUT2D eigenvalue weighted by Crippen LogP contribution is -2.00. The van der Waals surface area contributed by atoms with Gasteiger partial charge in [-0.15, -0.1) is 0 Å². The maximum absolute atomic E-state index is 10.9. The van der Waals surface area contributed by atoms with Crippen molar-refractivity contribution in [3.05, 3.63) is 41.7 Å². The lowest BCUT2D eigenvalue weighted by molar-refractivity contribution is 0.0690. The van der Waals surface area contributed by atoms with E-state index in [4.69, 9.17) is 5.11 Å². The summed E-state index contributed by atoms with van der Waals surface area (Å²) >= 11 is 0. The van der Waals surface area contributed by atoms with Crippen LogP contribution < -0.4 is 0 Å². The fourth-order valence-corrected chi connectivity index (χ4v) is 1.81. The van der Waals surface area contributed by atoms with Gasteiger partial charge in [0, 0.05) is 11.6 Å². The van der Waals surface area contributed by atoms with Crippen LogP contribution in [-0.2, 0) is 0 Å². The minimum atomic E-state index is -0.986. The van der Waals surface area contributed by atoms with Gasteiger partial charge in [0.15, 0.2) is 0 Å². The Morgan fingerprint density at radius 1 is 1.38 bits per heavy atom. The molecular formula is C13H13NO2. The van der Waals surface area contributed by atoms with E-state index in [2.05, 4.69) is 18.8 Å². The van der Waals surface area contributed by atoms with Gasteiger partial charge in [-0.25, -0.2) is 9.78 Å². The Morgan fingerprint density at radius 2 is 2.12 bits per heavy atom. The molecule has 0 saturated heterocycles. The number of benzene rings is 1. The third-order valence-corrected chi connectivity index (χ3v) is 2.64. The lowest BCUT2D eigenvalue weighted by atomic mass is 9.97. The SMILES string of the molecule is CC(C)c1cccc2cnc(C(=O)O)cc12. The number of rotatable bonds is 2. The fourth-order valence-electron chi connectivity index (χ4n) is 1.81. The predicted molar refractivity (Wildman–Crippen MR) is 62.8 cm³/mol. The third kappa shape index (κ3) is 1.76. The summed E-state index contributed by atoms with van der Waals surface area (Å²) in [5.74, 6) is -0.617. The number of nitrogens with zero attached hydrogens (tertiary/aromatic N) is 1. The second-order valence-corrected chi connectivity index (χ2v) is 4.10. The van der Waals surface area contributed by atoms with Crippen molar-refractivity contribution >= 4 is 16.7 Å². The van der Waals surface area contributed by atoms with Gasteiger partial charge in [-0.3, -0.25) is 0 Å². The number of hydrogen-bond acceptors (Lipinski definition) is 2. The van der Waals surface area contributed by atoms with Crippen molar-refractivity contribution in [2.45, 2.75) is 19.8 Å². The minimum Gasteiger partial charge on any atom is -0.477 e. The van der Waals surface area contributed by atoms with Crippen LogP contribution in [0, 0.1) is 0 Å². The summed E-state index contributed by atoms with van der Waals surface area (Å²) in [7, 11) is 0. The Balaban J connectivity index is 2.73. The first-order valence-corrected chi connectivity index (χ1v) is 5.21. The van der Waals surface area contributed by atoms with Crippen molar-refractivity contribution in [3.8, 4) is 0 Å². The van der Waals surface area contributed by atoms with E-state index >= 15 is 0 Å². The minimum absolute atomic E-state index is 0.0978. The monoisotopic (exact) mass is 215 g/mol. The molecule has 1 aromatic heterocycles. The summed E-state index contributed by atoms with van der Waals surface area (Å²) in [4.78, 5) is 14.8. The van der Waals surface area contributed by atoms with Crippen LogP contribution in [0.3, 0.4) is 0 Å². The number of carboxylic acids is 1. The molecule has 82 valence electrons. The van der Waals surface area contributed by atoms with Crippen LogP contribution in [0.15, 0.2) is 30.5 Å². The second kappa shape index (κ2) is 3.93. The number of aromatic nitrogens is 1. The number of pyridine rings is 1. The highest BCUT2D eigenvalue weighted by atomic mass is 16.4. The van der Waals surface area contributed by atoms with Gasteiger partial charge in [-0.05, 0) is 22.9 Å². The van der Waals surface area contributed by atoms with Crippen molar-refractivity contribution in [1.29, 1.82) is 0 Å². The molecule has 1 N–H and O–H groups in total. The molecule has 1 aromatic carbocycles. The standard InChI is InChI=1S/C13H13NO2/c1-8(2)10-5-3-4-9-7-14-12(13(15)16)6-11(9)10/h3-8H,1-2H3,(H,15,16). The zero-order valence-electron chi connectivity index (χ0n) is 9.27. The molecule has 0 spiro atoms. The van der Waals surface area contributed by atoms with Crippen LogP contribution in [0.25, 0.3) is 10.8 Å². The zero-order valence-corrected chi connectivity index (χ0v) is 9.27. The highest BCUT2D eigenvalue weighted by molar-refractivity contribution is 5.93. The molecular weight excluding hydrogens is 202 g/mol. The summed E-state index contributed by atoms with van der Waals surface area (Å²) in [5, 5.41) is 10.9. The molecule has 0 amide bonds. The van der Waals surface area contributed by atoms with Crippen LogP contribution >= 0.6 is 0 Å². The number of fused-ring (bicyclic) bond motifs is 1. The molecule has 0 aliphatic rings. The average molecular weight is 215 g/mol. The highest BCUT2D eigenvalue weighted by Crippen LogP contribution is 2.25. The molecule has 3 heteroatoms. The van der Waals surface area contributed by atoms with Crippen molar-refractivity contribution < 1.29 is 9.90 Å². The van der Waals surface area contributed by atoms with Crippen molar-refractivity contribution in [2.75, 3.05) is 0 Å². The Bertz CT molecular complexity index is 547. The summed E-state index contributed by atoms with van der Waals surface area (Å²) < 4.78 is 0. The van der Waals surface area contributed by atoms with Gasteiger partial charge in [-0.2, -0.15) is 0 Å². The molecule has 3 nitrogen and oxygen atoms in total.